The smallest absolute Gasteiger partial charge is 0.262 e. The molecule has 0 fully saturated rings. The lowest BCUT2D eigenvalue weighted by Gasteiger charge is -2.09. The molecule has 2 aromatic rings. The maximum absolute atomic E-state index is 13.4. The minimum atomic E-state index is -3.86. The SMILES string of the molecule is Cc1ccc(S(=O)(=O)Nc2cnc(Cl)c(C)c2)cc1F. The fourth-order valence-electron chi connectivity index (χ4n) is 1.57. The first-order valence-corrected chi connectivity index (χ1v) is 7.57. The fraction of sp³-hybridized carbons (Fsp3) is 0.154. The number of benzene rings is 1. The zero-order valence-corrected chi connectivity index (χ0v) is 12.4. The van der Waals surface area contributed by atoms with Gasteiger partial charge in [0, 0.05) is 0 Å². The zero-order chi connectivity index (χ0) is 14.9. The van der Waals surface area contributed by atoms with Gasteiger partial charge < -0.3 is 0 Å². The summed E-state index contributed by atoms with van der Waals surface area (Å²) in [6, 6.07) is 5.29. The van der Waals surface area contributed by atoms with Crippen LogP contribution in [0.2, 0.25) is 5.15 Å². The van der Waals surface area contributed by atoms with Gasteiger partial charge in [0.15, 0.2) is 0 Å². The Balaban J connectivity index is 2.35. The molecule has 0 bridgehead atoms. The number of aryl methyl sites for hydroxylation is 2. The van der Waals surface area contributed by atoms with E-state index in [1.807, 2.05) is 0 Å². The molecule has 0 spiro atoms. The Labute approximate surface area is 121 Å². The molecule has 0 saturated heterocycles. The third-order valence-corrected chi connectivity index (χ3v) is 4.49. The number of pyridine rings is 1. The first-order chi connectivity index (χ1) is 9.29. The monoisotopic (exact) mass is 314 g/mol. The van der Waals surface area contributed by atoms with Gasteiger partial charge in [0.05, 0.1) is 16.8 Å². The van der Waals surface area contributed by atoms with Crippen LogP contribution in [-0.4, -0.2) is 13.4 Å². The lowest BCUT2D eigenvalue weighted by Crippen LogP contribution is -2.13. The van der Waals surface area contributed by atoms with E-state index in [4.69, 9.17) is 11.6 Å². The van der Waals surface area contributed by atoms with Gasteiger partial charge in [-0.05, 0) is 43.2 Å². The third kappa shape index (κ3) is 3.08. The summed E-state index contributed by atoms with van der Waals surface area (Å²) in [5.41, 5.74) is 1.29. The van der Waals surface area contributed by atoms with Gasteiger partial charge in [-0.15, -0.1) is 0 Å². The van der Waals surface area contributed by atoms with Crippen molar-refractivity contribution in [1.82, 2.24) is 4.98 Å². The first-order valence-electron chi connectivity index (χ1n) is 5.71. The Morgan fingerprint density at radius 2 is 1.90 bits per heavy atom. The molecule has 0 atom stereocenters. The van der Waals surface area contributed by atoms with Crippen LogP contribution < -0.4 is 4.72 Å². The molecule has 0 aliphatic carbocycles. The molecule has 7 heteroatoms. The molecule has 1 aromatic carbocycles. The summed E-state index contributed by atoms with van der Waals surface area (Å²) in [7, 11) is -3.86. The van der Waals surface area contributed by atoms with Crippen LogP contribution in [0.25, 0.3) is 0 Å². The van der Waals surface area contributed by atoms with Crippen LogP contribution in [0, 0.1) is 19.7 Å². The van der Waals surface area contributed by atoms with Gasteiger partial charge in [-0.1, -0.05) is 17.7 Å². The minimum Gasteiger partial charge on any atom is -0.278 e. The summed E-state index contributed by atoms with van der Waals surface area (Å²) in [5, 5.41) is 0.300. The summed E-state index contributed by atoms with van der Waals surface area (Å²) >= 11 is 5.77. The van der Waals surface area contributed by atoms with E-state index in [1.165, 1.54) is 18.3 Å². The van der Waals surface area contributed by atoms with Gasteiger partial charge in [-0.2, -0.15) is 0 Å². The Morgan fingerprint density at radius 1 is 1.20 bits per heavy atom. The van der Waals surface area contributed by atoms with Gasteiger partial charge in [0.25, 0.3) is 10.0 Å². The first kappa shape index (κ1) is 14.7. The Morgan fingerprint density at radius 3 is 2.50 bits per heavy atom. The summed E-state index contributed by atoms with van der Waals surface area (Å²) in [5.74, 6) is -0.571. The number of aromatic nitrogens is 1. The molecule has 20 heavy (non-hydrogen) atoms. The summed E-state index contributed by atoms with van der Waals surface area (Å²) < 4.78 is 40.0. The second kappa shape index (κ2) is 5.38. The quantitative estimate of drug-likeness (QED) is 0.884. The predicted molar refractivity (Wildman–Crippen MR) is 75.9 cm³/mol. The van der Waals surface area contributed by atoms with Crippen LogP contribution in [0.15, 0.2) is 35.4 Å². The Bertz CT molecular complexity index is 763. The molecular formula is C13H12ClFN2O2S. The van der Waals surface area contributed by atoms with E-state index in [0.29, 0.717) is 16.3 Å². The van der Waals surface area contributed by atoms with Crippen molar-refractivity contribution >= 4 is 27.3 Å². The van der Waals surface area contributed by atoms with Crippen molar-refractivity contribution in [3.8, 4) is 0 Å². The summed E-state index contributed by atoms with van der Waals surface area (Å²) in [6.07, 6.45) is 1.30. The molecular weight excluding hydrogens is 303 g/mol. The number of hydrogen-bond acceptors (Lipinski definition) is 3. The normalized spacial score (nSPS) is 11.4. The predicted octanol–water partition coefficient (Wildman–Crippen LogP) is 3.29. The number of nitrogens with one attached hydrogen (secondary N) is 1. The van der Waals surface area contributed by atoms with Crippen molar-refractivity contribution in [3.63, 3.8) is 0 Å². The number of anilines is 1. The highest BCUT2D eigenvalue weighted by molar-refractivity contribution is 7.92. The highest BCUT2D eigenvalue weighted by Crippen LogP contribution is 2.20. The third-order valence-electron chi connectivity index (χ3n) is 2.72. The van der Waals surface area contributed by atoms with Crippen LogP contribution in [-0.2, 0) is 10.0 Å². The molecule has 0 amide bonds. The Kier molecular flexibility index (Phi) is 3.96. The molecule has 4 nitrogen and oxygen atoms in total. The lowest BCUT2D eigenvalue weighted by molar-refractivity contribution is 0.593. The zero-order valence-electron chi connectivity index (χ0n) is 10.8. The number of hydrogen-bond donors (Lipinski definition) is 1. The van der Waals surface area contributed by atoms with Gasteiger partial charge in [0.1, 0.15) is 11.0 Å². The molecule has 1 heterocycles. The van der Waals surface area contributed by atoms with E-state index in [1.54, 1.807) is 19.9 Å². The molecule has 0 radical (unpaired) electrons. The van der Waals surface area contributed by atoms with Crippen LogP contribution in [0.5, 0.6) is 0 Å². The van der Waals surface area contributed by atoms with E-state index in [0.717, 1.165) is 6.07 Å². The highest BCUT2D eigenvalue weighted by Gasteiger charge is 2.16. The summed E-state index contributed by atoms with van der Waals surface area (Å²) in [6.45, 7) is 3.27. The van der Waals surface area contributed by atoms with Crippen molar-refractivity contribution in [1.29, 1.82) is 0 Å². The standard InChI is InChI=1S/C13H12ClFN2O2S/c1-8-3-4-11(6-12(8)15)20(18,19)17-10-5-9(2)13(14)16-7-10/h3-7,17H,1-2H3. The Hall–Kier alpha value is -1.66. The van der Waals surface area contributed by atoms with Crippen LogP contribution in [0.4, 0.5) is 10.1 Å². The molecule has 0 saturated carbocycles. The largest absolute Gasteiger partial charge is 0.278 e. The van der Waals surface area contributed by atoms with Crippen molar-refractivity contribution in [3.05, 3.63) is 52.6 Å². The maximum atomic E-state index is 13.4. The molecule has 1 aromatic heterocycles. The topological polar surface area (TPSA) is 59.1 Å². The van der Waals surface area contributed by atoms with E-state index in [-0.39, 0.29) is 10.6 Å². The number of nitrogens with zero attached hydrogens (tertiary/aromatic N) is 1. The second-order valence-electron chi connectivity index (χ2n) is 4.35. The fourth-order valence-corrected chi connectivity index (χ4v) is 2.72. The van der Waals surface area contributed by atoms with Crippen LogP contribution in [0.1, 0.15) is 11.1 Å². The molecule has 106 valence electrons. The minimum absolute atomic E-state index is 0.145. The van der Waals surface area contributed by atoms with E-state index < -0.39 is 15.8 Å². The molecule has 0 aliphatic rings. The lowest BCUT2D eigenvalue weighted by atomic mass is 10.2. The molecule has 2 rings (SSSR count). The van der Waals surface area contributed by atoms with E-state index in [9.17, 15) is 12.8 Å². The second-order valence-corrected chi connectivity index (χ2v) is 6.39. The number of halogens is 2. The molecule has 0 unspecified atom stereocenters. The number of rotatable bonds is 3. The van der Waals surface area contributed by atoms with Gasteiger partial charge in [0.2, 0.25) is 0 Å². The molecule has 1 N–H and O–H groups in total. The van der Waals surface area contributed by atoms with E-state index >= 15 is 0 Å². The van der Waals surface area contributed by atoms with E-state index in [2.05, 4.69) is 9.71 Å². The average Bonchev–Trinajstić information content (AvgIpc) is 2.37. The summed E-state index contributed by atoms with van der Waals surface area (Å²) in [4.78, 5) is 3.71. The van der Waals surface area contributed by atoms with Gasteiger partial charge in [-0.3, -0.25) is 4.72 Å². The molecule has 0 aliphatic heterocycles. The number of sulfonamides is 1. The maximum Gasteiger partial charge on any atom is 0.262 e. The van der Waals surface area contributed by atoms with Crippen molar-refractivity contribution in [2.45, 2.75) is 18.7 Å². The van der Waals surface area contributed by atoms with Crippen molar-refractivity contribution in [2.24, 2.45) is 0 Å². The highest BCUT2D eigenvalue weighted by atomic mass is 35.5. The van der Waals surface area contributed by atoms with Crippen molar-refractivity contribution < 1.29 is 12.8 Å². The average molecular weight is 315 g/mol. The van der Waals surface area contributed by atoms with Crippen LogP contribution in [0.3, 0.4) is 0 Å². The van der Waals surface area contributed by atoms with Crippen LogP contribution >= 0.6 is 11.6 Å². The van der Waals surface area contributed by atoms with Gasteiger partial charge >= 0.3 is 0 Å². The van der Waals surface area contributed by atoms with Gasteiger partial charge in [-0.25, -0.2) is 17.8 Å². The van der Waals surface area contributed by atoms with Crippen molar-refractivity contribution in [2.75, 3.05) is 4.72 Å².